The second kappa shape index (κ2) is 9.57. The second-order valence-corrected chi connectivity index (χ2v) is 7.81. The second-order valence-electron chi connectivity index (χ2n) is 7.81. The Morgan fingerprint density at radius 3 is 2.35 bits per heavy atom. The Bertz CT molecular complexity index is 824. The Hall–Kier alpha value is -2.78. The summed E-state index contributed by atoms with van der Waals surface area (Å²) in [6.07, 6.45) is -1.73. The van der Waals surface area contributed by atoms with E-state index in [0.717, 1.165) is 32.1 Å². The molecule has 2 atom stereocenters. The maximum Gasteiger partial charge on any atom is 0.416 e. The van der Waals surface area contributed by atoms with E-state index in [0.29, 0.717) is 32.5 Å². The highest BCUT2D eigenvalue weighted by molar-refractivity contribution is 5.87. The number of methoxy groups -OCH3 is 1. The number of esters is 1. The van der Waals surface area contributed by atoms with Gasteiger partial charge in [0.25, 0.3) is 0 Å². The normalized spacial score (nSPS) is 20.3. The summed E-state index contributed by atoms with van der Waals surface area (Å²) in [6.45, 7) is 2.06. The SMILES string of the molecule is COC(=O)[C@@H](NC(=O)[C@@H]1CCCN(C(=O)N2CCCC2)C1)c1ccccc1C(F)(F)F. The molecule has 2 saturated heterocycles. The average molecular weight is 441 g/mol. The van der Waals surface area contributed by atoms with Crippen LogP contribution in [0.3, 0.4) is 0 Å². The lowest BCUT2D eigenvalue weighted by molar-refractivity contribution is -0.147. The number of carbonyl (C=O) groups is 3. The smallest absolute Gasteiger partial charge is 0.416 e. The van der Waals surface area contributed by atoms with Crippen molar-refractivity contribution < 1.29 is 32.3 Å². The summed E-state index contributed by atoms with van der Waals surface area (Å²) in [5, 5.41) is 2.43. The monoisotopic (exact) mass is 441 g/mol. The number of piperidine rings is 1. The molecule has 7 nitrogen and oxygen atoms in total. The molecule has 2 aliphatic rings. The quantitative estimate of drug-likeness (QED) is 0.729. The van der Waals surface area contributed by atoms with Gasteiger partial charge < -0.3 is 19.9 Å². The van der Waals surface area contributed by atoms with Gasteiger partial charge in [0.15, 0.2) is 6.04 Å². The van der Waals surface area contributed by atoms with Crippen LogP contribution in [0, 0.1) is 5.92 Å². The lowest BCUT2D eigenvalue weighted by atomic mass is 9.95. The first-order chi connectivity index (χ1) is 14.7. The Kier molecular flexibility index (Phi) is 7.07. The molecule has 0 aliphatic carbocycles. The van der Waals surface area contributed by atoms with Crippen molar-refractivity contribution in [3.8, 4) is 0 Å². The number of nitrogens with zero attached hydrogens (tertiary/aromatic N) is 2. The van der Waals surface area contributed by atoms with E-state index in [-0.39, 0.29) is 18.1 Å². The van der Waals surface area contributed by atoms with Gasteiger partial charge in [-0.1, -0.05) is 18.2 Å². The number of urea groups is 1. The molecule has 2 heterocycles. The maximum absolute atomic E-state index is 13.4. The number of benzene rings is 1. The van der Waals surface area contributed by atoms with Crippen LogP contribution in [0.4, 0.5) is 18.0 Å². The molecule has 0 saturated carbocycles. The fraction of sp³-hybridized carbons (Fsp3) is 0.571. The number of hydrogen-bond acceptors (Lipinski definition) is 4. The number of alkyl halides is 3. The van der Waals surface area contributed by atoms with Gasteiger partial charge in [-0.3, -0.25) is 4.79 Å². The summed E-state index contributed by atoms with van der Waals surface area (Å²) in [5.74, 6) is -2.19. The lowest BCUT2D eigenvalue weighted by Gasteiger charge is -2.35. The molecule has 2 aliphatic heterocycles. The zero-order valence-electron chi connectivity index (χ0n) is 17.3. The average Bonchev–Trinajstić information content (AvgIpc) is 3.30. The molecule has 0 bridgehead atoms. The first-order valence-electron chi connectivity index (χ1n) is 10.3. The topological polar surface area (TPSA) is 79.0 Å². The van der Waals surface area contributed by atoms with Gasteiger partial charge >= 0.3 is 18.2 Å². The zero-order chi connectivity index (χ0) is 22.6. The third-order valence-electron chi connectivity index (χ3n) is 5.74. The molecule has 1 N–H and O–H groups in total. The summed E-state index contributed by atoms with van der Waals surface area (Å²) < 4.78 is 45.0. The largest absolute Gasteiger partial charge is 0.467 e. The van der Waals surface area contributed by atoms with Crippen LogP contribution >= 0.6 is 0 Å². The van der Waals surface area contributed by atoms with Crippen LogP contribution in [-0.4, -0.2) is 61.0 Å². The van der Waals surface area contributed by atoms with Gasteiger partial charge in [-0.2, -0.15) is 13.2 Å². The summed E-state index contributed by atoms with van der Waals surface area (Å²) >= 11 is 0. The van der Waals surface area contributed by atoms with Crippen molar-refractivity contribution >= 4 is 17.9 Å². The molecule has 0 unspecified atom stereocenters. The van der Waals surface area contributed by atoms with Gasteiger partial charge in [0.05, 0.1) is 18.6 Å². The first kappa shape index (κ1) is 22.9. The van der Waals surface area contributed by atoms with Crippen LogP contribution < -0.4 is 5.32 Å². The number of carbonyl (C=O) groups excluding carboxylic acids is 3. The standard InChI is InChI=1S/C21H26F3N3O4/c1-31-19(29)17(15-8-2-3-9-16(15)21(22,23)24)25-18(28)14-7-6-12-27(13-14)20(30)26-10-4-5-11-26/h2-3,8-9,14,17H,4-7,10-13H2,1H3,(H,25,28)/t14-,17+/m1/s1. The number of amides is 3. The van der Waals surface area contributed by atoms with E-state index in [2.05, 4.69) is 10.1 Å². The predicted octanol–water partition coefficient (Wildman–Crippen LogP) is 2.96. The van der Waals surface area contributed by atoms with E-state index in [1.165, 1.54) is 12.1 Å². The minimum atomic E-state index is -4.70. The van der Waals surface area contributed by atoms with Crippen LogP contribution in [0.15, 0.2) is 24.3 Å². The first-order valence-corrected chi connectivity index (χ1v) is 10.3. The van der Waals surface area contributed by atoms with E-state index in [9.17, 15) is 27.6 Å². The Morgan fingerprint density at radius 1 is 1.06 bits per heavy atom. The van der Waals surface area contributed by atoms with Crippen molar-refractivity contribution in [1.29, 1.82) is 0 Å². The van der Waals surface area contributed by atoms with Crippen LogP contribution in [0.5, 0.6) is 0 Å². The van der Waals surface area contributed by atoms with E-state index < -0.39 is 35.6 Å². The van der Waals surface area contributed by atoms with Crippen molar-refractivity contribution in [3.63, 3.8) is 0 Å². The highest BCUT2D eigenvalue weighted by Gasteiger charge is 2.39. The number of likely N-dealkylation sites (tertiary alicyclic amines) is 2. The summed E-state index contributed by atoms with van der Waals surface area (Å²) in [6, 6.07) is 2.86. The number of halogens is 3. The van der Waals surface area contributed by atoms with Gasteiger partial charge in [0, 0.05) is 26.2 Å². The molecule has 1 aromatic rings. The van der Waals surface area contributed by atoms with Gasteiger partial charge in [-0.15, -0.1) is 0 Å². The number of nitrogens with one attached hydrogen (secondary N) is 1. The fourth-order valence-electron chi connectivity index (χ4n) is 4.12. The van der Waals surface area contributed by atoms with Crippen molar-refractivity contribution in [1.82, 2.24) is 15.1 Å². The van der Waals surface area contributed by atoms with Crippen LogP contribution in [0.1, 0.15) is 42.9 Å². The van der Waals surface area contributed by atoms with Crippen molar-refractivity contribution in [3.05, 3.63) is 35.4 Å². The Balaban J connectivity index is 1.76. The molecule has 170 valence electrons. The van der Waals surface area contributed by atoms with Crippen LogP contribution in [0.2, 0.25) is 0 Å². The third kappa shape index (κ3) is 5.29. The molecular weight excluding hydrogens is 415 g/mol. The molecule has 1 aromatic carbocycles. The molecule has 10 heteroatoms. The van der Waals surface area contributed by atoms with E-state index in [1.807, 2.05) is 0 Å². The number of ether oxygens (including phenoxy) is 1. The summed E-state index contributed by atoms with van der Waals surface area (Å²) in [7, 11) is 1.05. The maximum atomic E-state index is 13.4. The van der Waals surface area contributed by atoms with Crippen LogP contribution in [-0.2, 0) is 20.5 Å². The minimum Gasteiger partial charge on any atom is -0.467 e. The third-order valence-corrected chi connectivity index (χ3v) is 5.74. The highest BCUT2D eigenvalue weighted by atomic mass is 19.4. The minimum absolute atomic E-state index is 0.123. The van der Waals surface area contributed by atoms with Gasteiger partial charge in [-0.05, 0) is 37.3 Å². The zero-order valence-corrected chi connectivity index (χ0v) is 17.3. The van der Waals surface area contributed by atoms with Crippen molar-refractivity contribution in [2.45, 2.75) is 37.9 Å². The van der Waals surface area contributed by atoms with E-state index in [1.54, 1.807) is 9.80 Å². The fourth-order valence-corrected chi connectivity index (χ4v) is 4.12. The Labute approximate surface area is 178 Å². The number of hydrogen-bond donors (Lipinski definition) is 1. The molecule has 3 amide bonds. The number of rotatable bonds is 4. The predicted molar refractivity (Wildman–Crippen MR) is 105 cm³/mol. The van der Waals surface area contributed by atoms with E-state index >= 15 is 0 Å². The molecule has 0 radical (unpaired) electrons. The molecule has 2 fully saturated rings. The molecule has 3 rings (SSSR count). The Morgan fingerprint density at radius 2 is 1.71 bits per heavy atom. The molecule has 31 heavy (non-hydrogen) atoms. The molecular formula is C21H26F3N3O4. The highest BCUT2D eigenvalue weighted by Crippen LogP contribution is 2.35. The van der Waals surface area contributed by atoms with Crippen molar-refractivity contribution in [2.75, 3.05) is 33.3 Å². The van der Waals surface area contributed by atoms with Crippen molar-refractivity contribution in [2.24, 2.45) is 5.92 Å². The van der Waals surface area contributed by atoms with E-state index in [4.69, 9.17) is 0 Å². The molecule has 0 spiro atoms. The van der Waals surface area contributed by atoms with Gasteiger partial charge in [0.2, 0.25) is 5.91 Å². The summed E-state index contributed by atoms with van der Waals surface area (Å²) in [5.41, 5.74) is -1.39. The van der Waals surface area contributed by atoms with Crippen LogP contribution in [0.25, 0.3) is 0 Å². The molecule has 0 aromatic heterocycles. The van der Waals surface area contributed by atoms with Gasteiger partial charge in [0.1, 0.15) is 0 Å². The summed E-state index contributed by atoms with van der Waals surface area (Å²) in [4.78, 5) is 41.2. The lowest BCUT2D eigenvalue weighted by Crippen LogP contribution is -2.50. The van der Waals surface area contributed by atoms with Gasteiger partial charge in [-0.25, -0.2) is 9.59 Å².